The van der Waals surface area contributed by atoms with Gasteiger partial charge < -0.3 is 16.4 Å². The molecule has 0 radical (unpaired) electrons. The zero-order valence-corrected chi connectivity index (χ0v) is 7.97. The van der Waals surface area contributed by atoms with Crippen molar-refractivity contribution in [3.63, 3.8) is 0 Å². The standard InChI is InChI=1S/C8H13N5O/c1-2-13(5-7(10)14)8-11-4-3-6(9)12-8/h3-4H,2,5H2,1H3,(H2,10,14)(H2,9,11,12). The number of carbonyl (C=O) groups is 1. The molecule has 1 aromatic rings. The second kappa shape index (κ2) is 4.40. The molecule has 0 aromatic carbocycles. The topological polar surface area (TPSA) is 98.1 Å². The number of carbonyl (C=O) groups excluding carboxylic acids is 1. The molecular weight excluding hydrogens is 182 g/mol. The summed E-state index contributed by atoms with van der Waals surface area (Å²) in [6.45, 7) is 2.59. The van der Waals surface area contributed by atoms with Gasteiger partial charge in [0.1, 0.15) is 5.82 Å². The maximum atomic E-state index is 10.7. The molecule has 0 unspecified atom stereocenters. The molecule has 6 nitrogen and oxygen atoms in total. The Kier molecular flexibility index (Phi) is 3.22. The van der Waals surface area contributed by atoms with E-state index in [1.807, 2.05) is 6.92 Å². The first-order valence-electron chi connectivity index (χ1n) is 4.25. The van der Waals surface area contributed by atoms with Crippen molar-refractivity contribution >= 4 is 17.7 Å². The van der Waals surface area contributed by atoms with Gasteiger partial charge in [-0.2, -0.15) is 4.98 Å². The lowest BCUT2D eigenvalue weighted by Crippen LogP contribution is -2.34. The van der Waals surface area contributed by atoms with E-state index >= 15 is 0 Å². The van der Waals surface area contributed by atoms with E-state index in [0.717, 1.165) is 0 Å². The highest BCUT2D eigenvalue weighted by Gasteiger charge is 2.09. The Hall–Kier alpha value is -1.85. The number of likely N-dealkylation sites (N-methyl/N-ethyl adjacent to an activating group) is 1. The number of nitrogen functional groups attached to an aromatic ring is 1. The van der Waals surface area contributed by atoms with Crippen molar-refractivity contribution in [3.05, 3.63) is 12.3 Å². The Morgan fingerprint density at radius 2 is 2.36 bits per heavy atom. The Labute approximate surface area is 81.9 Å². The van der Waals surface area contributed by atoms with Crippen LogP contribution in [-0.4, -0.2) is 29.0 Å². The summed E-state index contributed by atoms with van der Waals surface area (Å²) >= 11 is 0. The molecule has 0 fully saturated rings. The van der Waals surface area contributed by atoms with Gasteiger partial charge in [0.05, 0.1) is 6.54 Å². The number of hydrogen-bond donors (Lipinski definition) is 2. The van der Waals surface area contributed by atoms with Crippen molar-refractivity contribution in [2.24, 2.45) is 5.73 Å². The summed E-state index contributed by atoms with van der Waals surface area (Å²) in [6, 6.07) is 1.58. The van der Waals surface area contributed by atoms with E-state index in [9.17, 15) is 4.79 Å². The van der Waals surface area contributed by atoms with Gasteiger partial charge in [0.15, 0.2) is 0 Å². The van der Waals surface area contributed by atoms with E-state index < -0.39 is 5.91 Å². The second-order valence-corrected chi connectivity index (χ2v) is 2.76. The molecule has 14 heavy (non-hydrogen) atoms. The smallest absolute Gasteiger partial charge is 0.237 e. The second-order valence-electron chi connectivity index (χ2n) is 2.76. The number of rotatable bonds is 4. The van der Waals surface area contributed by atoms with Crippen LogP contribution in [0, 0.1) is 0 Å². The van der Waals surface area contributed by atoms with Gasteiger partial charge in [0.2, 0.25) is 11.9 Å². The number of nitrogens with two attached hydrogens (primary N) is 2. The number of amides is 1. The first-order valence-corrected chi connectivity index (χ1v) is 4.25. The Morgan fingerprint density at radius 3 is 2.86 bits per heavy atom. The molecule has 76 valence electrons. The van der Waals surface area contributed by atoms with Crippen molar-refractivity contribution in [1.29, 1.82) is 0 Å². The number of nitrogens with zero attached hydrogens (tertiary/aromatic N) is 3. The monoisotopic (exact) mass is 195 g/mol. The normalized spacial score (nSPS) is 9.79. The highest BCUT2D eigenvalue weighted by atomic mass is 16.1. The van der Waals surface area contributed by atoms with E-state index in [-0.39, 0.29) is 6.54 Å². The van der Waals surface area contributed by atoms with Crippen molar-refractivity contribution in [3.8, 4) is 0 Å². The maximum absolute atomic E-state index is 10.7. The lowest BCUT2D eigenvalue weighted by molar-refractivity contribution is -0.116. The van der Waals surface area contributed by atoms with Crippen LogP contribution in [0.5, 0.6) is 0 Å². The fourth-order valence-corrected chi connectivity index (χ4v) is 1.03. The maximum Gasteiger partial charge on any atom is 0.237 e. The van der Waals surface area contributed by atoms with Gasteiger partial charge in [0.25, 0.3) is 0 Å². The summed E-state index contributed by atoms with van der Waals surface area (Å²) in [6.07, 6.45) is 1.54. The average molecular weight is 195 g/mol. The molecule has 0 saturated carbocycles. The molecule has 4 N–H and O–H groups in total. The summed E-state index contributed by atoms with van der Waals surface area (Å²) in [7, 11) is 0. The van der Waals surface area contributed by atoms with Crippen molar-refractivity contribution < 1.29 is 4.79 Å². The average Bonchev–Trinajstić information content (AvgIpc) is 2.14. The van der Waals surface area contributed by atoms with Crippen LogP contribution in [0.2, 0.25) is 0 Å². The molecule has 0 saturated heterocycles. The lowest BCUT2D eigenvalue weighted by atomic mass is 10.5. The molecule has 0 atom stereocenters. The number of hydrogen-bond acceptors (Lipinski definition) is 5. The first kappa shape index (κ1) is 10.2. The predicted molar refractivity (Wildman–Crippen MR) is 53.5 cm³/mol. The minimum absolute atomic E-state index is 0.0972. The summed E-state index contributed by atoms with van der Waals surface area (Å²) in [5.74, 6) is 0.377. The third-order valence-corrected chi connectivity index (χ3v) is 1.68. The summed E-state index contributed by atoms with van der Waals surface area (Å²) in [5, 5.41) is 0. The predicted octanol–water partition coefficient (Wildman–Crippen LogP) is -0.630. The molecular formula is C8H13N5O. The van der Waals surface area contributed by atoms with Gasteiger partial charge in [-0.25, -0.2) is 4.98 Å². The quantitative estimate of drug-likeness (QED) is 0.666. The number of anilines is 2. The van der Waals surface area contributed by atoms with Crippen LogP contribution in [0.4, 0.5) is 11.8 Å². The highest BCUT2D eigenvalue weighted by Crippen LogP contribution is 2.07. The zero-order chi connectivity index (χ0) is 10.6. The van der Waals surface area contributed by atoms with Crippen molar-refractivity contribution in [2.75, 3.05) is 23.7 Å². The van der Waals surface area contributed by atoms with Crippen LogP contribution < -0.4 is 16.4 Å². The molecule has 1 amide bonds. The van der Waals surface area contributed by atoms with Gasteiger partial charge in [-0.3, -0.25) is 4.79 Å². The van der Waals surface area contributed by atoms with E-state index in [4.69, 9.17) is 11.5 Å². The van der Waals surface area contributed by atoms with E-state index in [1.54, 1.807) is 17.2 Å². The molecule has 1 rings (SSSR count). The molecule has 6 heteroatoms. The van der Waals surface area contributed by atoms with Gasteiger partial charge in [-0.15, -0.1) is 0 Å². The number of aromatic nitrogens is 2. The lowest BCUT2D eigenvalue weighted by Gasteiger charge is -2.18. The zero-order valence-electron chi connectivity index (χ0n) is 7.97. The Balaban J connectivity index is 2.83. The molecule has 0 aliphatic heterocycles. The van der Waals surface area contributed by atoms with E-state index in [2.05, 4.69) is 9.97 Å². The Morgan fingerprint density at radius 1 is 1.64 bits per heavy atom. The summed E-state index contributed by atoms with van der Waals surface area (Å²) in [4.78, 5) is 20.3. The van der Waals surface area contributed by atoms with Crippen LogP contribution in [0.25, 0.3) is 0 Å². The minimum atomic E-state index is -0.419. The van der Waals surface area contributed by atoms with Gasteiger partial charge >= 0.3 is 0 Å². The van der Waals surface area contributed by atoms with Gasteiger partial charge in [0, 0.05) is 12.7 Å². The molecule has 0 bridgehead atoms. The van der Waals surface area contributed by atoms with Crippen molar-refractivity contribution in [2.45, 2.75) is 6.92 Å². The largest absolute Gasteiger partial charge is 0.384 e. The van der Waals surface area contributed by atoms with Gasteiger partial charge in [-0.05, 0) is 13.0 Å². The van der Waals surface area contributed by atoms with Crippen LogP contribution in [0.1, 0.15) is 6.92 Å². The minimum Gasteiger partial charge on any atom is -0.384 e. The fraction of sp³-hybridized carbons (Fsp3) is 0.375. The SMILES string of the molecule is CCN(CC(N)=O)c1nccc(N)n1. The van der Waals surface area contributed by atoms with E-state index in [1.165, 1.54) is 0 Å². The third-order valence-electron chi connectivity index (χ3n) is 1.68. The molecule has 0 spiro atoms. The summed E-state index contributed by atoms with van der Waals surface area (Å²) < 4.78 is 0. The first-order chi connectivity index (χ1) is 6.63. The van der Waals surface area contributed by atoms with E-state index in [0.29, 0.717) is 18.3 Å². The Bertz CT molecular complexity index is 327. The van der Waals surface area contributed by atoms with Gasteiger partial charge in [-0.1, -0.05) is 0 Å². The molecule has 0 aliphatic rings. The van der Waals surface area contributed by atoms with Crippen molar-refractivity contribution in [1.82, 2.24) is 9.97 Å². The number of primary amides is 1. The molecule has 1 aromatic heterocycles. The fourth-order valence-electron chi connectivity index (χ4n) is 1.03. The van der Waals surface area contributed by atoms with Crippen LogP contribution in [-0.2, 0) is 4.79 Å². The van der Waals surface area contributed by atoms with Crippen LogP contribution in [0.3, 0.4) is 0 Å². The molecule has 0 aliphatic carbocycles. The molecule has 1 heterocycles. The van der Waals surface area contributed by atoms with Crippen LogP contribution in [0.15, 0.2) is 12.3 Å². The van der Waals surface area contributed by atoms with Crippen LogP contribution >= 0.6 is 0 Å². The highest BCUT2D eigenvalue weighted by molar-refractivity contribution is 5.78. The third kappa shape index (κ3) is 2.58. The summed E-state index contributed by atoms with van der Waals surface area (Å²) in [5.41, 5.74) is 10.6.